The molecule has 0 saturated carbocycles. The van der Waals surface area contributed by atoms with Gasteiger partial charge in [-0.15, -0.1) is 0 Å². The van der Waals surface area contributed by atoms with Crippen molar-refractivity contribution < 1.29 is 8.78 Å². The molecule has 0 bridgehead atoms. The maximum absolute atomic E-state index is 14.2. The molecule has 0 amide bonds. The fourth-order valence-corrected chi connectivity index (χ4v) is 3.33. The Bertz CT molecular complexity index is 947. The SMILES string of the molecule is Fc1ccc(F)c(CN2CCNc3ncc(-c4ccccc4)cc32)c1Cl. The van der Waals surface area contributed by atoms with Crippen LogP contribution in [0, 0.1) is 11.6 Å². The quantitative estimate of drug-likeness (QED) is 0.648. The molecule has 2 heterocycles. The Morgan fingerprint density at radius 2 is 1.81 bits per heavy atom. The fourth-order valence-electron chi connectivity index (χ4n) is 3.12. The summed E-state index contributed by atoms with van der Waals surface area (Å²) in [6, 6.07) is 14.1. The Morgan fingerprint density at radius 3 is 2.62 bits per heavy atom. The van der Waals surface area contributed by atoms with E-state index >= 15 is 0 Å². The summed E-state index contributed by atoms with van der Waals surface area (Å²) in [7, 11) is 0. The summed E-state index contributed by atoms with van der Waals surface area (Å²) in [5.74, 6) is -0.401. The molecule has 0 radical (unpaired) electrons. The summed E-state index contributed by atoms with van der Waals surface area (Å²) >= 11 is 6.00. The second kappa shape index (κ2) is 6.92. The van der Waals surface area contributed by atoms with E-state index in [1.807, 2.05) is 41.3 Å². The van der Waals surface area contributed by atoms with Gasteiger partial charge in [-0.25, -0.2) is 13.8 Å². The number of hydrogen-bond donors (Lipinski definition) is 1. The number of nitrogens with zero attached hydrogens (tertiary/aromatic N) is 2. The zero-order valence-electron chi connectivity index (χ0n) is 13.8. The lowest BCUT2D eigenvalue weighted by Crippen LogP contribution is -2.34. The molecular weight excluding hydrogens is 356 g/mol. The molecule has 0 saturated heterocycles. The van der Waals surface area contributed by atoms with Crippen molar-refractivity contribution in [3.63, 3.8) is 0 Å². The molecule has 0 aliphatic carbocycles. The lowest BCUT2D eigenvalue weighted by molar-refractivity contribution is 0.581. The molecule has 0 unspecified atom stereocenters. The molecule has 1 aromatic heterocycles. The van der Waals surface area contributed by atoms with E-state index in [1.165, 1.54) is 0 Å². The number of fused-ring (bicyclic) bond motifs is 1. The Labute approximate surface area is 155 Å². The van der Waals surface area contributed by atoms with Crippen LogP contribution in [0.4, 0.5) is 20.3 Å². The third kappa shape index (κ3) is 3.10. The highest BCUT2D eigenvalue weighted by molar-refractivity contribution is 6.31. The summed E-state index contributed by atoms with van der Waals surface area (Å²) in [5, 5.41) is 3.07. The highest BCUT2D eigenvalue weighted by Crippen LogP contribution is 2.34. The average molecular weight is 372 g/mol. The van der Waals surface area contributed by atoms with Crippen molar-refractivity contribution in [1.29, 1.82) is 0 Å². The predicted octanol–water partition coefficient (Wildman–Crippen LogP) is 5.11. The molecular formula is C20H16ClF2N3. The Balaban J connectivity index is 1.72. The van der Waals surface area contributed by atoms with Crippen LogP contribution in [-0.4, -0.2) is 18.1 Å². The second-order valence-electron chi connectivity index (χ2n) is 6.13. The monoisotopic (exact) mass is 371 g/mol. The number of anilines is 2. The van der Waals surface area contributed by atoms with Gasteiger partial charge in [-0.1, -0.05) is 41.9 Å². The van der Waals surface area contributed by atoms with Crippen LogP contribution in [0.3, 0.4) is 0 Å². The summed E-state index contributed by atoms with van der Waals surface area (Å²) in [5.41, 5.74) is 3.01. The first kappa shape index (κ1) is 16.8. The van der Waals surface area contributed by atoms with Gasteiger partial charge in [0, 0.05) is 37.0 Å². The number of hydrogen-bond acceptors (Lipinski definition) is 3. The molecule has 26 heavy (non-hydrogen) atoms. The van der Waals surface area contributed by atoms with Gasteiger partial charge >= 0.3 is 0 Å². The smallest absolute Gasteiger partial charge is 0.149 e. The molecule has 1 aliphatic heterocycles. The Morgan fingerprint density at radius 1 is 1.04 bits per heavy atom. The van der Waals surface area contributed by atoms with Crippen LogP contribution in [0.1, 0.15) is 5.56 Å². The number of nitrogens with one attached hydrogen (secondary N) is 1. The van der Waals surface area contributed by atoms with Crippen LogP contribution in [-0.2, 0) is 6.54 Å². The molecule has 4 rings (SSSR count). The predicted molar refractivity (Wildman–Crippen MR) is 101 cm³/mol. The van der Waals surface area contributed by atoms with E-state index in [9.17, 15) is 8.78 Å². The zero-order chi connectivity index (χ0) is 18.1. The number of aromatic nitrogens is 1. The van der Waals surface area contributed by atoms with Crippen molar-refractivity contribution in [1.82, 2.24) is 4.98 Å². The van der Waals surface area contributed by atoms with Crippen LogP contribution in [0.25, 0.3) is 11.1 Å². The molecule has 3 nitrogen and oxygen atoms in total. The number of benzene rings is 2. The van der Waals surface area contributed by atoms with Gasteiger partial charge in [0.1, 0.15) is 17.5 Å². The van der Waals surface area contributed by atoms with Crippen molar-refractivity contribution in [2.75, 3.05) is 23.3 Å². The average Bonchev–Trinajstić information content (AvgIpc) is 2.68. The van der Waals surface area contributed by atoms with Gasteiger partial charge in [0.2, 0.25) is 0 Å². The number of halogens is 3. The molecule has 6 heteroatoms. The topological polar surface area (TPSA) is 28.2 Å². The van der Waals surface area contributed by atoms with Crippen molar-refractivity contribution in [2.24, 2.45) is 0 Å². The van der Waals surface area contributed by atoms with E-state index in [-0.39, 0.29) is 17.1 Å². The van der Waals surface area contributed by atoms with E-state index in [1.54, 1.807) is 6.20 Å². The van der Waals surface area contributed by atoms with E-state index < -0.39 is 11.6 Å². The molecule has 1 aliphatic rings. The highest BCUT2D eigenvalue weighted by Gasteiger charge is 2.22. The Kier molecular flexibility index (Phi) is 4.47. The van der Waals surface area contributed by atoms with E-state index in [2.05, 4.69) is 10.3 Å². The van der Waals surface area contributed by atoms with Gasteiger partial charge in [-0.2, -0.15) is 0 Å². The highest BCUT2D eigenvalue weighted by atomic mass is 35.5. The minimum Gasteiger partial charge on any atom is -0.367 e. The van der Waals surface area contributed by atoms with Crippen molar-refractivity contribution in [3.05, 3.63) is 76.9 Å². The van der Waals surface area contributed by atoms with Crippen LogP contribution >= 0.6 is 11.6 Å². The first-order valence-corrected chi connectivity index (χ1v) is 8.68. The van der Waals surface area contributed by atoms with Crippen molar-refractivity contribution >= 4 is 23.1 Å². The third-order valence-corrected chi connectivity index (χ3v) is 4.89. The first-order chi connectivity index (χ1) is 12.6. The summed E-state index contributed by atoms with van der Waals surface area (Å²) < 4.78 is 27.9. The van der Waals surface area contributed by atoms with E-state index in [0.29, 0.717) is 13.1 Å². The van der Waals surface area contributed by atoms with Crippen molar-refractivity contribution in [3.8, 4) is 11.1 Å². The normalized spacial score (nSPS) is 13.3. The summed E-state index contributed by atoms with van der Waals surface area (Å²) in [6.07, 6.45) is 1.81. The maximum atomic E-state index is 14.2. The second-order valence-corrected chi connectivity index (χ2v) is 6.51. The van der Waals surface area contributed by atoms with Gasteiger partial charge < -0.3 is 10.2 Å². The largest absolute Gasteiger partial charge is 0.367 e. The fraction of sp³-hybridized carbons (Fsp3) is 0.150. The van der Waals surface area contributed by atoms with E-state index in [4.69, 9.17) is 11.6 Å². The molecule has 0 spiro atoms. The number of rotatable bonds is 3. The van der Waals surface area contributed by atoms with Crippen LogP contribution in [0.15, 0.2) is 54.7 Å². The van der Waals surface area contributed by atoms with Gasteiger partial charge in [0.15, 0.2) is 0 Å². The standard InChI is InChI=1S/C20H16ClF2N3/c21-19-15(16(22)6-7-17(19)23)12-26-9-8-24-20-18(26)10-14(11-25-20)13-4-2-1-3-5-13/h1-7,10-11H,8-9,12H2,(H,24,25). The van der Waals surface area contributed by atoms with Crippen LogP contribution in [0.2, 0.25) is 5.02 Å². The van der Waals surface area contributed by atoms with Crippen LogP contribution in [0.5, 0.6) is 0 Å². The van der Waals surface area contributed by atoms with Crippen LogP contribution < -0.4 is 10.2 Å². The first-order valence-electron chi connectivity index (χ1n) is 8.30. The molecule has 0 fully saturated rings. The lowest BCUT2D eigenvalue weighted by Gasteiger charge is -2.32. The summed E-state index contributed by atoms with van der Waals surface area (Å²) in [4.78, 5) is 6.46. The number of pyridine rings is 1. The minimum absolute atomic E-state index is 0.157. The third-order valence-electron chi connectivity index (χ3n) is 4.48. The molecule has 1 N–H and O–H groups in total. The lowest BCUT2D eigenvalue weighted by atomic mass is 10.1. The van der Waals surface area contributed by atoms with Gasteiger partial charge in [-0.3, -0.25) is 0 Å². The molecule has 132 valence electrons. The summed E-state index contributed by atoms with van der Waals surface area (Å²) in [6.45, 7) is 1.48. The Hall–Kier alpha value is -2.66. The minimum atomic E-state index is -0.616. The van der Waals surface area contributed by atoms with Gasteiger partial charge in [-0.05, 0) is 23.8 Å². The van der Waals surface area contributed by atoms with Gasteiger partial charge in [0.05, 0.1) is 10.7 Å². The zero-order valence-corrected chi connectivity index (χ0v) is 14.6. The molecule has 0 atom stereocenters. The van der Waals surface area contributed by atoms with Gasteiger partial charge in [0.25, 0.3) is 0 Å². The maximum Gasteiger partial charge on any atom is 0.149 e. The molecule has 3 aromatic rings. The van der Waals surface area contributed by atoms with E-state index in [0.717, 1.165) is 34.8 Å². The molecule has 2 aromatic carbocycles. The van der Waals surface area contributed by atoms with Crippen molar-refractivity contribution in [2.45, 2.75) is 6.54 Å².